The van der Waals surface area contributed by atoms with Gasteiger partial charge in [-0.1, -0.05) is 113 Å². The van der Waals surface area contributed by atoms with Crippen molar-refractivity contribution in [3.8, 4) is 0 Å². The van der Waals surface area contributed by atoms with Crippen LogP contribution < -0.4 is 0 Å². The molecular formula is C28H58O2. The molecule has 0 rings (SSSR count). The van der Waals surface area contributed by atoms with E-state index < -0.39 is 0 Å². The summed E-state index contributed by atoms with van der Waals surface area (Å²) in [5, 5.41) is 0. The Hall–Kier alpha value is -0.0800. The van der Waals surface area contributed by atoms with Crippen molar-refractivity contribution in [2.75, 3.05) is 19.8 Å². The van der Waals surface area contributed by atoms with Crippen LogP contribution in [0, 0.1) is 23.7 Å². The summed E-state index contributed by atoms with van der Waals surface area (Å²) in [7, 11) is 0. The van der Waals surface area contributed by atoms with E-state index in [4.69, 9.17) is 9.47 Å². The molecule has 30 heavy (non-hydrogen) atoms. The maximum atomic E-state index is 5.91. The van der Waals surface area contributed by atoms with Crippen molar-refractivity contribution < 1.29 is 9.47 Å². The van der Waals surface area contributed by atoms with E-state index >= 15 is 0 Å². The van der Waals surface area contributed by atoms with Gasteiger partial charge in [0, 0.05) is 13.2 Å². The second kappa shape index (κ2) is 20.8. The fraction of sp³-hybridized carbons (Fsp3) is 1.00. The Kier molecular flexibility index (Phi) is 20.7. The van der Waals surface area contributed by atoms with Gasteiger partial charge in [-0.05, 0) is 42.9 Å². The summed E-state index contributed by atoms with van der Waals surface area (Å²) >= 11 is 0. The van der Waals surface area contributed by atoms with Gasteiger partial charge in [-0.2, -0.15) is 0 Å². The van der Waals surface area contributed by atoms with Crippen LogP contribution in [0.5, 0.6) is 0 Å². The molecule has 0 fully saturated rings. The predicted molar refractivity (Wildman–Crippen MR) is 134 cm³/mol. The number of hydrogen-bond acceptors (Lipinski definition) is 2. The van der Waals surface area contributed by atoms with Gasteiger partial charge in [-0.25, -0.2) is 0 Å². The van der Waals surface area contributed by atoms with Gasteiger partial charge in [-0.3, -0.25) is 0 Å². The summed E-state index contributed by atoms with van der Waals surface area (Å²) in [6, 6.07) is 0. The molecule has 0 aliphatic carbocycles. The third-order valence-corrected chi connectivity index (χ3v) is 6.63. The van der Waals surface area contributed by atoms with Crippen molar-refractivity contribution >= 4 is 0 Å². The molecule has 0 N–H and O–H groups in total. The summed E-state index contributed by atoms with van der Waals surface area (Å²) < 4.78 is 11.8. The average Bonchev–Trinajstić information content (AvgIpc) is 2.69. The SMILES string of the molecule is CCCCOC(CC)COCCC(C)CCCC(C)CCCC(C)CCCC(C)C. The van der Waals surface area contributed by atoms with Crippen molar-refractivity contribution in [3.63, 3.8) is 0 Å². The summed E-state index contributed by atoms with van der Waals surface area (Å²) in [6.45, 7) is 18.9. The zero-order chi connectivity index (χ0) is 22.6. The van der Waals surface area contributed by atoms with Crippen LogP contribution in [0.25, 0.3) is 0 Å². The minimum atomic E-state index is 0.283. The molecule has 4 unspecified atom stereocenters. The Morgan fingerprint density at radius 3 is 1.53 bits per heavy atom. The molecule has 4 atom stereocenters. The van der Waals surface area contributed by atoms with E-state index in [1.54, 1.807) is 0 Å². The molecular weight excluding hydrogens is 368 g/mol. The number of unbranched alkanes of at least 4 members (excludes halogenated alkanes) is 1. The van der Waals surface area contributed by atoms with Crippen LogP contribution in [0.4, 0.5) is 0 Å². The topological polar surface area (TPSA) is 18.5 Å². The highest BCUT2D eigenvalue weighted by Gasteiger charge is 2.10. The van der Waals surface area contributed by atoms with E-state index in [0.29, 0.717) is 0 Å². The van der Waals surface area contributed by atoms with E-state index in [1.807, 2.05) is 0 Å². The second-order valence-corrected chi connectivity index (χ2v) is 10.6. The maximum absolute atomic E-state index is 5.91. The Morgan fingerprint density at radius 1 is 0.567 bits per heavy atom. The lowest BCUT2D eigenvalue weighted by molar-refractivity contribution is -0.0213. The van der Waals surface area contributed by atoms with Crippen LogP contribution in [0.3, 0.4) is 0 Å². The van der Waals surface area contributed by atoms with Gasteiger partial charge in [0.25, 0.3) is 0 Å². The zero-order valence-corrected chi connectivity index (χ0v) is 22.0. The normalized spacial score (nSPS) is 16.0. The molecule has 0 saturated carbocycles. The molecule has 0 aromatic heterocycles. The molecule has 2 heteroatoms. The Morgan fingerprint density at radius 2 is 1.07 bits per heavy atom. The first-order valence-corrected chi connectivity index (χ1v) is 13.6. The van der Waals surface area contributed by atoms with Gasteiger partial charge in [0.1, 0.15) is 0 Å². The smallest absolute Gasteiger partial charge is 0.0805 e. The van der Waals surface area contributed by atoms with Crippen molar-refractivity contribution in [1.29, 1.82) is 0 Å². The lowest BCUT2D eigenvalue weighted by atomic mass is 9.91. The highest BCUT2D eigenvalue weighted by atomic mass is 16.5. The molecule has 0 bridgehead atoms. The van der Waals surface area contributed by atoms with Crippen molar-refractivity contribution in [1.82, 2.24) is 0 Å². The fourth-order valence-corrected chi connectivity index (χ4v) is 4.11. The van der Waals surface area contributed by atoms with Crippen molar-refractivity contribution in [2.45, 2.75) is 138 Å². The third-order valence-electron chi connectivity index (χ3n) is 6.63. The summed E-state index contributed by atoms with van der Waals surface area (Å²) in [5.41, 5.74) is 0. The molecule has 0 radical (unpaired) electrons. The molecule has 0 heterocycles. The Bertz CT molecular complexity index is 342. The fourth-order valence-electron chi connectivity index (χ4n) is 4.11. The van der Waals surface area contributed by atoms with E-state index in [2.05, 4.69) is 48.5 Å². The minimum absolute atomic E-state index is 0.283. The first-order chi connectivity index (χ1) is 14.4. The standard InChI is InChI=1S/C28H58O2/c1-8-10-21-30-28(9-2)23-29-22-20-27(7)19-13-18-26(6)17-12-16-25(5)15-11-14-24(3)4/h24-28H,8-23H2,1-7H3. The minimum Gasteiger partial charge on any atom is -0.379 e. The molecule has 0 aliphatic heterocycles. The van der Waals surface area contributed by atoms with Crippen LogP contribution in [0.2, 0.25) is 0 Å². The monoisotopic (exact) mass is 426 g/mol. The molecule has 0 spiro atoms. The van der Waals surface area contributed by atoms with E-state index in [9.17, 15) is 0 Å². The summed E-state index contributed by atoms with van der Waals surface area (Å²) in [6.07, 6.45) is 17.5. The third kappa shape index (κ3) is 19.9. The van der Waals surface area contributed by atoms with Gasteiger partial charge < -0.3 is 9.47 Å². The molecule has 0 amide bonds. The number of hydrogen-bond donors (Lipinski definition) is 0. The Balaban J connectivity index is 3.60. The van der Waals surface area contributed by atoms with Crippen molar-refractivity contribution in [3.05, 3.63) is 0 Å². The van der Waals surface area contributed by atoms with Crippen LogP contribution in [-0.2, 0) is 9.47 Å². The van der Waals surface area contributed by atoms with Crippen molar-refractivity contribution in [2.24, 2.45) is 23.7 Å². The zero-order valence-electron chi connectivity index (χ0n) is 22.0. The number of ether oxygens (including phenoxy) is 2. The van der Waals surface area contributed by atoms with Gasteiger partial charge >= 0.3 is 0 Å². The Labute approximate surface area is 191 Å². The first-order valence-electron chi connectivity index (χ1n) is 13.6. The average molecular weight is 427 g/mol. The lowest BCUT2D eigenvalue weighted by Crippen LogP contribution is -2.20. The van der Waals surface area contributed by atoms with Crippen LogP contribution in [0.15, 0.2) is 0 Å². The molecule has 0 aliphatic rings. The van der Waals surface area contributed by atoms with E-state index in [1.165, 1.54) is 70.6 Å². The van der Waals surface area contributed by atoms with Crippen LogP contribution in [0.1, 0.15) is 132 Å². The highest BCUT2D eigenvalue weighted by Crippen LogP contribution is 2.22. The molecule has 2 nitrogen and oxygen atoms in total. The van der Waals surface area contributed by atoms with Crippen LogP contribution in [-0.4, -0.2) is 25.9 Å². The van der Waals surface area contributed by atoms with Crippen LogP contribution >= 0.6 is 0 Å². The molecule has 182 valence electrons. The largest absolute Gasteiger partial charge is 0.379 e. The van der Waals surface area contributed by atoms with Gasteiger partial charge in [0.15, 0.2) is 0 Å². The van der Waals surface area contributed by atoms with E-state index in [0.717, 1.165) is 56.3 Å². The van der Waals surface area contributed by atoms with Gasteiger partial charge in [0.05, 0.1) is 12.7 Å². The predicted octanol–water partition coefficient (Wildman–Crippen LogP) is 9.06. The quantitative estimate of drug-likeness (QED) is 0.161. The lowest BCUT2D eigenvalue weighted by Gasteiger charge is -2.18. The molecule has 0 aromatic rings. The van der Waals surface area contributed by atoms with Gasteiger partial charge in [-0.15, -0.1) is 0 Å². The highest BCUT2D eigenvalue weighted by molar-refractivity contribution is 4.61. The molecule has 0 aromatic carbocycles. The number of rotatable bonds is 22. The van der Waals surface area contributed by atoms with Gasteiger partial charge in [0.2, 0.25) is 0 Å². The maximum Gasteiger partial charge on any atom is 0.0805 e. The summed E-state index contributed by atoms with van der Waals surface area (Å²) in [4.78, 5) is 0. The molecule has 0 saturated heterocycles. The second-order valence-electron chi connectivity index (χ2n) is 10.6. The van der Waals surface area contributed by atoms with E-state index in [-0.39, 0.29) is 6.10 Å². The summed E-state index contributed by atoms with van der Waals surface area (Å²) in [5.74, 6) is 3.45. The first kappa shape index (κ1) is 29.9.